The van der Waals surface area contributed by atoms with Crippen molar-refractivity contribution in [3.05, 3.63) is 25.4 Å². The standard InChI is InChI=1S/C5H10N2O.C3H5NO/c1-3-7(4-2)5(6)8;1-2-3(4)5/h3H,1,4H2,2H3,(H2,6,8);2H,1H2,(H2,4,5). The van der Waals surface area contributed by atoms with Crippen molar-refractivity contribution in [1.29, 1.82) is 0 Å². The molecule has 5 nitrogen and oxygen atoms in total. The van der Waals surface area contributed by atoms with Crippen LogP contribution in [0.3, 0.4) is 0 Å². The molecule has 0 unspecified atom stereocenters. The molecule has 3 amide bonds. The van der Waals surface area contributed by atoms with E-state index >= 15 is 0 Å². The zero-order valence-corrected chi connectivity index (χ0v) is 7.69. The number of hydrogen-bond donors (Lipinski definition) is 2. The first-order valence-corrected chi connectivity index (χ1v) is 3.60. The molecule has 5 heteroatoms. The summed E-state index contributed by atoms with van der Waals surface area (Å²) in [5.41, 5.74) is 9.41. The first-order chi connectivity index (χ1) is 5.99. The highest BCUT2D eigenvalue weighted by Crippen LogP contribution is 1.83. The van der Waals surface area contributed by atoms with Crippen molar-refractivity contribution < 1.29 is 9.59 Å². The minimum Gasteiger partial charge on any atom is -0.366 e. The lowest BCUT2D eigenvalue weighted by atomic mass is 10.6. The highest BCUT2D eigenvalue weighted by atomic mass is 16.2. The molecule has 0 aromatic rings. The van der Waals surface area contributed by atoms with Gasteiger partial charge in [-0.05, 0) is 13.0 Å². The van der Waals surface area contributed by atoms with Crippen LogP contribution in [0, 0.1) is 0 Å². The molecule has 0 aliphatic carbocycles. The second-order valence-corrected chi connectivity index (χ2v) is 1.91. The lowest BCUT2D eigenvalue weighted by Crippen LogP contribution is -2.30. The Morgan fingerprint density at radius 2 is 1.77 bits per heavy atom. The number of urea groups is 1. The molecule has 4 N–H and O–H groups in total. The van der Waals surface area contributed by atoms with Gasteiger partial charge in [-0.3, -0.25) is 4.79 Å². The summed E-state index contributed by atoms with van der Waals surface area (Å²) in [7, 11) is 0. The van der Waals surface area contributed by atoms with Crippen LogP contribution < -0.4 is 11.5 Å². The fraction of sp³-hybridized carbons (Fsp3) is 0.250. The van der Waals surface area contributed by atoms with Gasteiger partial charge in [0.15, 0.2) is 0 Å². The fourth-order valence-corrected chi connectivity index (χ4v) is 0.375. The van der Waals surface area contributed by atoms with Gasteiger partial charge in [0, 0.05) is 12.7 Å². The number of carbonyl (C=O) groups is 2. The summed E-state index contributed by atoms with van der Waals surface area (Å²) in [5, 5.41) is 0. The largest absolute Gasteiger partial charge is 0.366 e. The van der Waals surface area contributed by atoms with E-state index in [2.05, 4.69) is 18.9 Å². The average molecular weight is 185 g/mol. The second kappa shape index (κ2) is 8.32. The Morgan fingerprint density at radius 1 is 1.38 bits per heavy atom. The van der Waals surface area contributed by atoms with Gasteiger partial charge in [-0.15, -0.1) is 0 Å². The van der Waals surface area contributed by atoms with Crippen LogP contribution in [-0.2, 0) is 4.79 Å². The molecule has 0 rings (SSSR count). The number of rotatable bonds is 3. The summed E-state index contributed by atoms with van der Waals surface area (Å²) in [4.78, 5) is 21.0. The fourth-order valence-electron chi connectivity index (χ4n) is 0.375. The van der Waals surface area contributed by atoms with Crippen molar-refractivity contribution in [2.24, 2.45) is 11.5 Å². The topological polar surface area (TPSA) is 89.4 Å². The zero-order chi connectivity index (χ0) is 10.9. The molecule has 0 saturated heterocycles. The minimum atomic E-state index is -0.481. The molecule has 13 heavy (non-hydrogen) atoms. The molecule has 0 heterocycles. The van der Waals surface area contributed by atoms with Crippen molar-refractivity contribution in [2.45, 2.75) is 6.92 Å². The summed E-state index contributed by atoms with van der Waals surface area (Å²) >= 11 is 0. The maximum absolute atomic E-state index is 10.2. The first-order valence-electron chi connectivity index (χ1n) is 3.60. The van der Waals surface area contributed by atoms with Crippen LogP contribution in [0.2, 0.25) is 0 Å². The highest BCUT2D eigenvalue weighted by molar-refractivity contribution is 5.84. The van der Waals surface area contributed by atoms with Gasteiger partial charge in [0.25, 0.3) is 0 Å². The van der Waals surface area contributed by atoms with Crippen LogP contribution in [0.4, 0.5) is 4.79 Å². The summed E-state index contributed by atoms with van der Waals surface area (Å²) in [6.45, 7) is 8.87. The number of carbonyl (C=O) groups excluding carboxylic acids is 2. The van der Waals surface area contributed by atoms with E-state index in [-0.39, 0.29) is 0 Å². The summed E-state index contributed by atoms with van der Waals surface area (Å²) < 4.78 is 0. The Morgan fingerprint density at radius 3 is 1.77 bits per heavy atom. The molecule has 0 saturated carbocycles. The number of hydrogen-bond acceptors (Lipinski definition) is 2. The van der Waals surface area contributed by atoms with Crippen molar-refractivity contribution in [2.75, 3.05) is 6.54 Å². The van der Waals surface area contributed by atoms with Crippen LogP contribution in [0.15, 0.2) is 25.4 Å². The smallest absolute Gasteiger partial charge is 0.318 e. The number of amides is 3. The molecule has 0 aliphatic rings. The molecule has 0 aromatic heterocycles. The van der Waals surface area contributed by atoms with Gasteiger partial charge >= 0.3 is 6.03 Å². The van der Waals surface area contributed by atoms with Gasteiger partial charge in [-0.25, -0.2) is 4.79 Å². The van der Waals surface area contributed by atoms with Crippen LogP contribution >= 0.6 is 0 Å². The lowest BCUT2D eigenvalue weighted by molar-refractivity contribution is -0.113. The molecular weight excluding hydrogens is 170 g/mol. The summed E-state index contributed by atoms with van der Waals surface area (Å²) in [6.07, 6.45) is 2.46. The number of nitrogens with two attached hydrogens (primary N) is 2. The van der Waals surface area contributed by atoms with E-state index in [0.29, 0.717) is 6.54 Å². The molecule has 0 aliphatic heterocycles. The van der Waals surface area contributed by atoms with Crippen LogP contribution in [-0.4, -0.2) is 23.4 Å². The van der Waals surface area contributed by atoms with Gasteiger partial charge in [0.2, 0.25) is 5.91 Å². The van der Waals surface area contributed by atoms with Gasteiger partial charge in [-0.1, -0.05) is 13.2 Å². The van der Waals surface area contributed by atoms with E-state index in [9.17, 15) is 9.59 Å². The van der Waals surface area contributed by atoms with Gasteiger partial charge in [0.1, 0.15) is 0 Å². The van der Waals surface area contributed by atoms with Crippen LogP contribution in [0.1, 0.15) is 6.92 Å². The summed E-state index contributed by atoms with van der Waals surface area (Å²) in [5.74, 6) is -0.481. The van der Waals surface area contributed by atoms with Crippen LogP contribution in [0.25, 0.3) is 0 Å². The molecule has 0 fully saturated rings. The summed E-state index contributed by atoms with van der Waals surface area (Å²) in [6, 6.07) is -0.456. The van der Waals surface area contributed by atoms with Crippen molar-refractivity contribution in [3.8, 4) is 0 Å². The third-order valence-electron chi connectivity index (χ3n) is 1.05. The minimum absolute atomic E-state index is 0.456. The lowest BCUT2D eigenvalue weighted by Gasteiger charge is -2.09. The zero-order valence-electron chi connectivity index (χ0n) is 7.69. The molecule has 0 bridgehead atoms. The van der Waals surface area contributed by atoms with E-state index < -0.39 is 11.9 Å². The average Bonchev–Trinajstić information content (AvgIpc) is 2.07. The van der Waals surface area contributed by atoms with Gasteiger partial charge in [-0.2, -0.15) is 0 Å². The normalized spacial score (nSPS) is 7.46. The van der Waals surface area contributed by atoms with Gasteiger partial charge < -0.3 is 16.4 Å². The molecule has 0 atom stereocenters. The van der Waals surface area contributed by atoms with Crippen LogP contribution in [0.5, 0.6) is 0 Å². The van der Waals surface area contributed by atoms with E-state index in [1.807, 2.05) is 6.92 Å². The third-order valence-corrected chi connectivity index (χ3v) is 1.05. The third kappa shape index (κ3) is 10.2. The number of primary amides is 2. The Hall–Kier alpha value is -1.78. The van der Waals surface area contributed by atoms with Crippen molar-refractivity contribution in [1.82, 2.24) is 4.90 Å². The van der Waals surface area contributed by atoms with Gasteiger partial charge in [0.05, 0.1) is 0 Å². The Labute approximate surface area is 77.7 Å². The molecule has 0 aromatic carbocycles. The molecule has 74 valence electrons. The predicted octanol–water partition coefficient (Wildman–Crippen LogP) is 0.188. The van der Waals surface area contributed by atoms with E-state index in [1.165, 1.54) is 11.1 Å². The van der Waals surface area contributed by atoms with E-state index in [1.54, 1.807) is 0 Å². The quantitative estimate of drug-likeness (QED) is 0.614. The SMILES string of the molecule is C=CC(N)=O.C=CN(CC)C(N)=O. The predicted molar refractivity (Wildman–Crippen MR) is 51.6 cm³/mol. The maximum atomic E-state index is 10.2. The Balaban J connectivity index is 0. The molecule has 0 spiro atoms. The van der Waals surface area contributed by atoms with E-state index in [4.69, 9.17) is 5.73 Å². The number of nitrogens with zero attached hydrogens (tertiary/aromatic N) is 1. The Bertz CT molecular complexity index is 202. The van der Waals surface area contributed by atoms with E-state index in [0.717, 1.165) is 6.08 Å². The molecule has 0 radical (unpaired) electrons. The first kappa shape index (κ1) is 13.8. The highest BCUT2D eigenvalue weighted by Gasteiger charge is 1.97. The second-order valence-electron chi connectivity index (χ2n) is 1.91. The van der Waals surface area contributed by atoms with Crippen molar-refractivity contribution in [3.63, 3.8) is 0 Å². The monoisotopic (exact) mass is 185 g/mol. The molecular formula is C8H15N3O2. The van der Waals surface area contributed by atoms with Crippen molar-refractivity contribution >= 4 is 11.9 Å². The Kier molecular flexibility index (Phi) is 8.82. The maximum Gasteiger partial charge on any atom is 0.318 e.